The highest BCUT2D eigenvalue weighted by atomic mass is 16.7. The quantitative estimate of drug-likeness (QED) is 0.813. The predicted octanol–water partition coefficient (Wildman–Crippen LogP) is 2.75. The van der Waals surface area contributed by atoms with Gasteiger partial charge in [0.2, 0.25) is 6.79 Å². The molecule has 4 nitrogen and oxygen atoms in total. The van der Waals surface area contributed by atoms with Gasteiger partial charge in [-0.1, -0.05) is 6.92 Å². The molecule has 0 unspecified atom stereocenters. The van der Waals surface area contributed by atoms with Crippen LogP contribution < -0.4 is 14.8 Å². The maximum atomic E-state index is 5.47. The van der Waals surface area contributed by atoms with E-state index in [4.69, 9.17) is 9.47 Å². The van der Waals surface area contributed by atoms with Crippen molar-refractivity contribution in [1.29, 1.82) is 0 Å². The van der Waals surface area contributed by atoms with Gasteiger partial charge in [-0.15, -0.1) is 0 Å². The molecule has 1 aliphatic heterocycles. The summed E-state index contributed by atoms with van der Waals surface area (Å²) < 4.78 is 10.9. The lowest BCUT2D eigenvalue weighted by Crippen LogP contribution is -2.14. The summed E-state index contributed by atoms with van der Waals surface area (Å²) in [4.78, 5) is 3.44. The van der Waals surface area contributed by atoms with E-state index in [1.165, 1.54) is 16.6 Å². The summed E-state index contributed by atoms with van der Waals surface area (Å²) >= 11 is 0. The Hall–Kier alpha value is -1.68. The summed E-state index contributed by atoms with van der Waals surface area (Å²) in [5, 5.41) is 4.63. The first-order valence-corrected chi connectivity index (χ1v) is 6.91. The molecule has 0 amide bonds. The Morgan fingerprint density at radius 1 is 1.26 bits per heavy atom. The van der Waals surface area contributed by atoms with Gasteiger partial charge in [0.05, 0.1) is 0 Å². The molecule has 0 radical (unpaired) electrons. The maximum absolute atomic E-state index is 5.47. The van der Waals surface area contributed by atoms with Crippen molar-refractivity contribution < 1.29 is 9.47 Å². The number of ether oxygens (including phenoxy) is 2. The lowest BCUT2D eigenvalue weighted by molar-refractivity contribution is 0.174. The summed E-state index contributed by atoms with van der Waals surface area (Å²) in [6, 6.07) is 4.14. The Kier molecular flexibility index (Phi) is 3.34. The number of aromatic amines is 1. The van der Waals surface area contributed by atoms with E-state index >= 15 is 0 Å². The molecule has 1 aliphatic rings. The molecule has 102 valence electrons. The van der Waals surface area contributed by atoms with Crippen LogP contribution in [0.25, 0.3) is 10.9 Å². The number of aromatic nitrogens is 1. The first kappa shape index (κ1) is 12.4. The molecule has 0 bridgehead atoms. The molecule has 0 atom stereocenters. The Labute approximate surface area is 113 Å². The highest BCUT2D eigenvalue weighted by molar-refractivity contribution is 5.88. The highest BCUT2D eigenvalue weighted by Crippen LogP contribution is 2.37. The third-order valence-electron chi connectivity index (χ3n) is 3.64. The molecule has 0 fully saturated rings. The van der Waals surface area contributed by atoms with Crippen LogP contribution in [0, 0.1) is 6.92 Å². The SMILES string of the molecule is CCNCCCc1c(C)[nH]c2cc3c(cc12)OCO3. The molecule has 0 saturated carbocycles. The van der Waals surface area contributed by atoms with E-state index in [-0.39, 0.29) is 0 Å². The fraction of sp³-hybridized carbons (Fsp3) is 0.467. The van der Waals surface area contributed by atoms with Gasteiger partial charge in [-0.3, -0.25) is 0 Å². The van der Waals surface area contributed by atoms with Crippen LogP contribution in [0.5, 0.6) is 11.5 Å². The van der Waals surface area contributed by atoms with Gasteiger partial charge in [-0.2, -0.15) is 0 Å². The van der Waals surface area contributed by atoms with E-state index in [2.05, 4.69) is 30.2 Å². The minimum atomic E-state index is 0.330. The summed E-state index contributed by atoms with van der Waals surface area (Å²) in [6.07, 6.45) is 2.23. The molecule has 4 heteroatoms. The van der Waals surface area contributed by atoms with Crippen molar-refractivity contribution in [2.45, 2.75) is 26.7 Å². The van der Waals surface area contributed by atoms with Crippen LogP contribution >= 0.6 is 0 Å². The average molecular weight is 260 g/mol. The molecule has 2 heterocycles. The van der Waals surface area contributed by atoms with Crippen LogP contribution in [0.2, 0.25) is 0 Å². The van der Waals surface area contributed by atoms with E-state index in [1.807, 2.05) is 6.07 Å². The highest BCUT2D eigenvalue weighted by Gasteiger charge is 2.17. The van der Waals surface area contributed by atoms with E-state index in [0.717, 1.165) is 42.9 Å². The van der Waals surface area contributed by atoms with Gasteiger partial charge in [0.25, 0.3) is 0 Å². The van der Waals surface area contributed by atoms with Crippen LogP contribution in [0.4, 0.5) is 0 Å². The summed E-state index contributed by atoms with van der Waals surface area (Å²) in [5.74, 6) is 1.70. The molecular weight excluding hydrogens is 240 g/mol. The molecule has 19 heavy (non-hydrogen) atoms. The van der Waals surface area contributed by atoms with Crippen LogP contribution in [0.1, 0.15) is 24.6 Å². The molecule has 0 saturated heterocycles. The fourth-order valence-electron chi connectivity index (χ4n) is 2.66. The Morgan fingerprint density at radius 3 is 2.84 bits per heavy atom. The lowest BCUT2D eigenvalue weighted by Gasteiger charge is -2.03. The number of nitrogens with one attached hydrogen (secondary N) is 2. The number of fused-ring (bicyclic) bond motifs is 2. The largest absolute Gasteiger partial charge is 0.454 e. The van der Waals surface area contributed by atoms with Gasteiger partial charge in [-0.25, -0.2) is 0 Å². The van der Waals surface area contributed by atoms with E-state index in [9.17, 15) is 0 Å². The van der Waals surface area contributed by atoms with Crippen molar-refractivity contribution >= 4 is 10.9 Å². The monoisotopic (exact) mass is 260 g/mol. The molecule has 3 rings (SSSR count). The minimum Gasteiger partial charge on any atom is -0.454 e. The van der Waals surface area contributed by atoms with Crippen molar-refractivity contribution in [3.63, 3.8) is 0 Å². The maximum Gasteiger partial charge on any atom is 0.231 e. The number of hydrogen-bond donors (Lipinski definition) is 2. The van der Waals surface area contributed by atoms with Crippen molar-refractivity contribution in [3.8, 4) is 11.5 Å². The van der Waals surface area contributed by atoms with Crippen LogP contribution in [0.15, 0.2) is 12.1 Å². The zero-order chi connectivity index (χ0) is 13.2. The zero-order valence-electron chi connectivity index (χ0n) is 11.5. The standard InChI is InChI=1S/C15H20N2O2/c1-3-16-6-4-5-11-10(2)17-13-8-15-14(7-12(11)13)18-9-19-15/h7-8,16-17H,3-6,9H2,1-2H3. The minimum absolute atomic E-state index is 0.330. The number of hydrogen-bond acceptors (Lipinski definition) is 3. The second-order valence-electron chi connectivity index (χ2n) is 4.94. The summed E-state index contributed by atoms with van der Waals surface area (Å²) in [6.45, 7) is 6.70. The molecule has 0 spiro atoms. The smallest absolute Gasteiger partial charge is 0.231 e. The molecule has 1 aromatic carbocycles. The molecule has 1 aromatic heterocycles. The number of aryl methyl sites for hydroxylation is 2. The number of rotatable bonds is 5. The summed E-state index contributed by atoms with van der Waals surface area (Å²) in [7, 11) is 0. The average Bonchev–Trinajstić information content (AvgIpc) is 2.96. The molecule has 0 aliphatic carbocycles. The van der Waals surface area contributed by atoms with Crippen molar-refractivity contribution in [1.82, 2.24) is 10.3 Å². The Morgan fingerprint density at radius 2 is 2.05 bits per heavy atom. The van der Waals surface area contributed by atoms with Gasteiger partial charge in [0.15, 0.2) is 11.5 Å². The van der Waals surface area contributed by atoms with Crippen molar-refractivity contribution in [2.75, 3.05) is 19.9 Å². The van der Waals surface area contributed by atoms with Gasteiger partial charge >= 0.3 is 0 Å². The topological polar surface area (TPSA) is 46.3 Å². The Bertz CT molecular complexity index is 589. The summed E-state index contributed by atoms with van der Waals surface area (Å²) in [5.41, 5.74) is 3.78. The van der Waals surface area contributed by atoms with E-state index < -0.39 is 0 Å². The normalized spacial score (nSPS) is 13.4. The molecule has 2 N–H and O–H groups in total. The van der Waals surface area contributed by atoms with E-state index in [1.54, 1.807) is 0 Å². The molecular formula is C15H20N2O2. The van der Waals surface area contributed by atoms with E-state index in [0.29, 0.717) is 6.79 Å². The van der Waals surface area contributed by atoms with Gasteiger partial charge in [0, 0.05) is 22.7 Å². The molecule has 2 aromatic rings. The second-order valence-corrected chi connectivity index (χ2v) is 4.94. The van der Waals surface area contributed by atoms with Gasteiger partial charge < -0.3 is 19.8 Å². The number of H-pyrrole nitrogens is 1. The third-order valence-corrected chi connectivity index (χ3v) is 3.64. The number of benzene rings is 1. The Balaban J connectivity index is 1.88. The predicted molar refractivity (Wildman–Crippen MR) is 76.0 cm³/mol. The van der Waals surface area contributed by atoms with Crippen LogP contribution in [-0.4, -0.2) is 24.9 Å². The zero-order valence-corrected chi connectivity index (χ0v) is 11.5. The van der Waals surface area contributed by atoms with Crippen LogP contribution in [0.3, 0.4) is 0 Å². The van der Waals surface area contributed by atoms with Crippen LogP contribution in [-0.2, 0) is 6.42 Å². The lowest BCUT2D eigenvalue weighted by atomic mass is 10.1. The fourth-order valence-corrected chi connectivity index (χ4v) is 2.66. The van der Waals surface area contributed by atoms with Crippen molar-refractivity contribution in [3.05, 3.63) is 23.4 Å². The first-order chi connectivity index (χ1) is 9.29. The first-order valence-electron chi connectivity index (χ1n) is 6.91. The second kappa shape index (κ2) is 5.13. The van der Waals surface area contributed by atoms with Gasteiger partial charge in [-0.05, 0) is 44.5 Å². The van der Waals surface area contributed by atoms with Crippen molar-refractivity contribution in [2.24, 2.45) is 0 Å². The third kappa shape index (κ3) is 2.28. The van der Waals surface area contributed by atoms with Gasteiger partial charge in [0.1, 0.15) is 0 Å².